The molecule has 0 N–H and O–H groups in total. The van der Waals surface area contributed by atoms with Crippen LogP contribution in [0.2, 0.25) is 0 Å². The lowest BCUT2D eigenvalue weighted by Gasteiger charge is -2.28. The molecule has 7 heteroatoms. The topological polar surface area (TPSA) is 60.2 Å². The second-order valence-electron chi connectivity index (χ2n) is 5.73. The van der Waals surface area contributed by atoms with E-state index in [1.165, 1.54) is 17.2 Å². The van der Waals surface area contributed by atoms with Crippen molar-refractivity contribution in [2.24, 2.45) is 0 Å². The van der Waals surface area contributed by atoms with Crippen molar-refractivity contribution >= 4 is 11.7 Å². The number of amides is 1. The fourth-order valence-electron chi connectivity index (χ4n) is 2.29. The molecule has 0 spiro atoms. The van der Waals surface area contributed by atoms with E-state index < -0.39 is 17.7 Å². The molecule has 1 aromatic heterocycles. The molecule has 0 aliphatic rings. The van der Waals surface area contributed by atoms with Crippen LogP contribution in [0.15, 0.2) is 36.5 Å². The number of carbonyl (C=O) groups excluding carboxylic acids is 1. The second kappa shape index (κ2) is 7.71. The summed E-state index contributed by atoms with van der Waals surface area (Å²) in [5.74, 6) is -1.51. The van der Waals surface area contributed by atoms with E-state index in [9.17, 15) is 13.6 Å². The van der Waals surface area contributed by atoms with Crippen molar-refractivity contribution in [1.82, 2.24) is 9.88 Å². The number of pyridine rings is 1. The first-order valence-corrected chi connectivity index (χ1v) is 7.61. The largest absolute Gasteiger partial charge is 0.350 e. The molecule has 2 aromatic rings. The number of aromatic nitrogens is 1. The maximum atomic E-state index is 13.4. The summed E-state index contributed by atoms with van der Waals surface area (Å²) < 4.78 is 26.4. The van der Waals surface area contributed by atoms with E-state index >= 15 is 0 Å². The summed E-state index contributed by atoms with van der Waals surface area (Å²) in [5, 5.41) is 8.78. The van der Waals surface area contributed by atoms with Crippen LogP contribution in [0.25, 0.3) is 0 Å². The zero-order chi connectivity index (χ0) is 18.6. The summed E-state index contributed by atoms with van der Waals surface area (Å²) in [4.78, 5) is 19.7. The van der Waals surface area contributed by atoms with Crippen LogP contribution in [0.4, 0.5) is 14.6 Å². The molecule has 0 unspecified atom stereocenters. The van der Waals surface area contributed by atoms with Crippen LogP contribution in [0.3, 0.4) is 0 Å². The van der Waals surface area contributed by atoms with Crippen molar-refractivity contribution in [3.8, 4) is 6.07 Å². The van der Waals surface area contributed by atoms with Gasteiger partial charge in [0.05, 0.1) is 18.2 Å². The van der Waals surface area contributed by atoms with Crippen molar-refractivity contribution in [3.63, 3.8) is 0 Å². The van der Waals surface area contributed by atoms with Crippen LogP contribution in [0.1, 0.15) is 24.1 Å². The maximum absolute atomic E-state index is 13.4. The molecule has 0 saturated heterocycles. The highest BCUT2D eigenvalue weighted by Crippen LogP contribution is 2.21. The molecule has 2 rings (SSSR count). The van der Waals surface area contributed by atoms with E-state index in [1.807, 2.05) is 6.07 Å². The van der Waals surface area contributed by atoms with Gasteiger partial charge in [0.1, 0.15) is 11.9 Å². The number of anilines is 1. The number of benzene rings is 1. The molecule has 0 aliphatic carbocycles. The summed E-state index contributed by atoms with van der Waals surface area (Å²) in [6, 6.07) is 8.45. The standard InChI is InChI=1S/C18H18F2N4O/c1-12(14-5-6-15(19)16(20)8-14)24(3)18(25)11-23(2)17-7-4-13(9-21)10-22-17/h4-8,10,12H,11H2,1-3H3/t12-/m1/s1. The van der Waals surface area contributed by atoms with Gasteiger partial charge in [-0.3, -0.25) is 4.79 Å². The van der Waals surface area contributed by atoms with Crippen molar-refractivity contribution in [2.75, 3.05) is 25.5 Å². The summed E-state index contributed by atoms with van der Waals surface area (Å²) in [5.41, 5.74) is 0.946. The van der Waals surface area contributed by atoms with Gasteiger partial charge in [0.15, 0.2) is 11.6 Å². The van der Waals surface area contributed by atoms with E-state index in [0.717, 1.165) is 12.1 Å². The third-order valence-corrected chi connectivity index (χ3v) is 4.04. The molecule has 0 fully saturated rings. The van der Waals surface area contributed by atoms with Crippen LogP contribution in [0.5, 0.6) is 0 Å². The monoisotopic (exact) mass is 344 g/mol. The third kappa shape index (κ3) is 4.29. The first-order chi connectivity index (χ1) is 11.8. The number of nitriles is 1. The maximum Gasteiger partial charge on any atom is 0.242 e. The minimum absolute atomic E-state index is 0.0589. The van der Waals surface area contributed by atoms with Gasteiger partial charge >= 0.3 is 0 Å². The highest BCUT2D eigenvalue weighted by atomic mass is 19.2. The summed E-state index contributed by atoms with van der Waals surface area (Å²) in [6.45, 7) is 1.80. The SMILES string of the molecule is C[C@H](c1ccc(F)c(F)c1)N(C)C(=O)CN(C)c1ccc(C#N)cn1. The van der Waals surface area contributed by atoms with Crippen molar-refractivity contribution in [1.29, 1.82) is 5.26 Å². The molecular formula is C18H18F2N4O. The van der Waals surface area contributed by atoms with Crippen LogP contribution in [0, 0.1) is 23.0 Å². The Balaban J connectivity index is 2.05. The highest BCUT2D eigenvalue weighted by Gasteiger charge is 2.20. The molecule has 0 bridgehead atoms. The van der Waals surface area contributed by atoms with E-state index in [0.29, 0.717) is 16.9 Å². The number of rotatable bonds is 5. The molecule has 1 aromatic carbocycles. The minimum atomic E-state index is -0.941. The zero-order valence-electron chi connectivity index (χ0n) is 14.2. The van der Waals surface area contributed by atoms with Crippen molar-refractivity contribution in [2.45, 2.75) is 13.0 Å². The van der Waals surface area contributed by atoms with E-state index in [-0.39, 0.29) is 12.5 Å². The summed E-state index contributed by atoms with van der Waals surface area (Å²) in [6.07, 6.45) is 1.43. The molecule has 1 atom stereocenters. The molecule has 130 valence electrons. The molecule has 25 heavy (non-hydrogen) atoms. The molecule has 0 aliphatic heterocycles. The lowest BCUT2D eigenvalue weighted by Crippen LogP contribution is -2.38. The predicted molar refractivity (Wildman–Crippen MR) is 89.8 cm³/mol. The predicted octanol–water partition coefficient (Wildman–Crippen LogP) is 2.89. The quantitative estimate of drug-likeness (QED) is 0.837. The molecular weight excluding hydrogens is 326 g/mol. The molecule has 1 heterocycles. The molecule has 0 saturated carbocycles. The number of hydrogen-bond donors (Lipinski definition) is 0. The fraction of sp³-hybridized carbons (Fsp3) is 0.278. The highest BCUT2D eigenvalue weighted by molar-refractivity contribution is 5.81. The Hall–Kier alpha value is -3.01. The number of hydrogen-bond acceptors (Lipinski definition) is 4. The van der Waals surface area contributed by atoms with Gasteiger partial charge in [-0.2, -0.15) is 5.26 Å². The van der Waals surface area contributed by atoms with E-state index in [4.69, 9.17) is 5.26 Å². The lowest BCUT2D eigenvalue weighted by molar-refractivity contribution is -0.130. The molecule has 0 radical (unpaired) electrons. The lowest BCUT2D eigenvalue weighted by atomic mass is 10.1. The van der Waals surface area contributed by atoms with Gasteiger partial charge in [-0.05, 0) is 36.8 Å². The number of halogens is 2. The van der Waals surface area contributed by atoms with E-state index in [2.05, 4.69) is 4.98 Å². The summed E-state index contributed by atoms with van der Waals surface area (Å²) in [7, 11) is 3.32. The number of nitrogens with zero attached hydrogens (tertiary/aromatic N) is 4. The number of likely N-dealkylation sites (N-methyl/N-ethyl adjacent to an activating group) is 2. The fourth-order valence-corrected chi connectivity index (χ4v) is 2.29. The average molecular weight is 344 g/mol. The van der Waals surface area contributed by atoms with Gasteiger partial charge < -0.3 is 9.80 Å². The molecule has 5 nitrogen and oxygen atoms in total. The van der Waals surface area contributed by atoms with Crippen LogP contribution in [-0.2, 0) is 4.79 Å². The number of carbonyl (C=O) groups is 1. The van der Waals surface area contributed by atoms with Gasteiger partial charge in [0.2, 0.25) is 5.91 Å². The van der Waals surface area contributed by atoms with Gasteiger partial charge in [0, 0.05) is 20.3 Å². The Kier molecular flexibility index (Phi) is 5.65. The Morgan fingerprint density at radius 2 is 1.96 bits per heavy atom. The van der Waals surface area contributed by atoms with Gasteiger partial charge in [-0.15, -0.1) is 0 Å². The van der Waals surface area contributed by atoms with Crippen LogP contribution in [-0.4, -0.2) is 36.4 Å². The normalized spacial score (nSPS) is 11.5. The molecule has 1 amide bonds. The van der Waals surface area contributed by atoms with E-state index in [1.54, 1.807) is 38.1 Å². The average Bonchev–Trinajstić information content (AvgIpc) is 2.62. The zero-order valence-corrected chi connectivity index (χ0v) is 14.2. The van der Waals surface area contributed by atoms with Crippen molar-refractivity contribution in [3.05, 3.63) is 59.3 Å². The Bertz CT molecular complexity index is 802. The first-order valence-electron chi connectivity index (χ1n) is 7.61. The minimum Gasteiger partial charge on any atom is -0.350 e. The van der Waals surface area contributed by atoms with Gasteiger partial charge in [-0.1, -0.05) is 6.07 Å². The van der Waals surface area contributed by atoms with Crippen LogP contribution >= 0.6 is 0 Å². The Morgan fingerprint density at radius 3 is 2.52 bits per heavy atom. The van der Waals surface area contributed by atoms with Gasteiger partial charge in [0.25, 0.3) is 0 Å². The smallest absolute Gasteiger partial charge is 0.242 e. The Morgan fingerprint density at radius 1 is 1.24 bits per heavy atom. The van der Waals surface area contributed by atoms with Crippen LogP contribution < -0.4 is 4.90 Å². The third-order valence-electron chi connectivity index (χ3n) is 4.04. The Labute approximate surface area is 145 Å². The van der Waals surface area contributed by atoms with Gasteiger partial charge in [-0.25, -0.2) is 13.8 Å². The van der Waals surface area contributed by atoms with Crippen molar-refractivity contribution < 1.29 is 13.6 Å². The first kappa shape index (κ1) is 18.3. The summed E-state index contributed by atoms with van der Waals surface area (Å²) >= 11 is 0. The second-order valence-corrected chi connectivity index (χ2v) is 5.73.